The van der Waals surface area contributed by atoms with Gasteiger partial charge in [0.1, 0.15) is 5.52 Å². The molecular weight excluding hydrogens is 188 g/mol. The minimum Gasteiger partial charge on any atom is -0.441 e. The highest BCUT2D eigenvalue weighted by Crippen LogP contribution is 2.18. The molecule has 2 aromatic rings. The van der Waals surface area contributed by atoms with Gasteiger partial charge in [-0.25, -0.2) is 4.98 Å². The molecule has 1 aromatic heterocycles. The number of nitrogens with two attached hydrogens (primary N) is 1. The number of nitrogens with zero attached hydrogens (tertiary/aromatic N) is 1. The van der Waals surface area contributed by atoms with Crippen LogP contribution in [0.4, 0.5) is 0 Å². The lowest BCUT2D eigenvalue weighted by Crippen LogP contribution is -2.13. The summed E-state index contributed by atoms with van der Waals surface area (Å²) in [6, 6.07) is 6.05. The number of oxazole rings is 1. The number of benzene rings is 1. The highest BCUT2D eigenvalue weighted by Gasteiger charge is 2.08. The van der Waals surface area contributed by atoms with Gasteiger partial charge in [-0.1, -0.05) is 13.0 Å². The van der Waals surface area contributed by atoms with Crippen LogP contribution in [-0.2, 0) is 6.42 Å². The van der Waals surface area contributed by atoms with Gasteiger partial charge in [0.15, 0.2) is 11.5 Å². The predicted octanol–water partition coefficient (Wildman–Crippen LogP) is 2.27. The van der Waals surface area contributed by atoms with Crippen LogP contribution in [0.5, 0.6) is 0 Å². The number of hydrogen-bond acceptors (Lipinski definition) is 3. The van der Waals surface area contributed by atoms with Gasteiger partial charge in [0.25, 0.3) is 0 Å². The van der Waals surface area contributed by atoms with Gasteiger partial charge in [-0.15, -0.1) is 0 Å². The summed E-state index contributed by atoms with van der Waals surface area (Å²) in [6.07, 6.45) is 0.810. The van der Waals surface area contributed by atoms with Gasteiger partial charge in [0.2, 0.25) is 0 Å². The second-order valence-electron chi connectivity index (χ2n) is 4.12. The first-order valence-electron chi connectivity index (χ1n) is 5.25. The zero-order valence-corrected chi connectivity index (χ0v) is 9.16. The van der Waals surface area contributed by atoms with Gasteiger partial charge >= 0.3 is 0 Å². The van der Waals surface area contributed by atoms with E-state index in [9.17, 15) is 0 Å². The van der Waals surface area contributed by atoms with Gasteiger partial charge in [-0.3, -0.25) is 0 Å². The Hall–Kier alpha value is -1.35. The van der Waals surface area contributed by atoms with Crippen molar-refractivity contribution >= 4 is 11.1 Å². The molecule has 2 N–H and O–H groups in total. The van der Waals surface area contributed by atoms with Crippen molar-refractivity contribution in [2.75, 3.05) is 6.54 Å². The first-order valence-corrected chi connectivity index (χ1v) is 5.25. The smallest absolute Gasteiger partial charge is 0.195 e. The zero-order chi connectivity index (χ0) is 10.8. The van der Waals surface area contributed by atoms with Crippen LogP contribution >= 0.6 is 0 Å². The number of fused-ring (bicyclic) bond motifs is 1. The van der Waals surface area contributed by atoms with Crippen LogP contribution in [0.25, 0.3) is 11.1 Å². The SMILES string of the molecule is Cc1ccc2nc(CC(C)CN)oc2c1. The third-order valence-corrected chi connectivity index (χ3v) is 2.51. The molecule has 0 saturated heterocycles. The van der Waals surface area contributed by atoms with Crippen molar-refractivity contribution in [2.45, 2.75) is 20.3 Å². The Morgan fingerprint density at radius 3 is 3.00 bits per heavy atom. The Morgan fingerprint density at radius 1 is 1.47 bits per heavy atom. The van der Waals surface area contributed by atoms with Crippen LogP contribution in [0.3, 0.4) is 0 Å². The molecule has 0 spiro atoms. The Bertz CT molecular complexity index is 462. The third kappa shape index (κ3) is 2.18. The van der Waals surface area contributed by atoms with E-state index >= 15 is 0 Å². The number of hydrogen-bond donors (Lipinski definition) is 1. The average Bonchev–Trinajstić information content (AvgIpc) is 2.59. The van der Waals surface area contributed by atoms with E-state index in [-0.39, 0.29) is 0 Å². The maximum Gasteiger partial charge on any atom is 0.195 e. The summed E-state index contributed by atoms with van der Waals surface area (Å²) in [5.74, 6) is 1.20. The fourth-order valence-corrected chi connectivity index (χ4v) is 1.55. The molecule has 2 rings (SSSR count). The van der Waals surface area contributed by atoms with Gasteiger partial charge in [0, 0.05) is 6.42 Å². The van der Waals surface area contributed by atoms with Crippen LogP contribution in [-0.4, -0.2) is 11.5 Å². The fraction of sp³-hybridized carbons (Fsp3) is 0.417. The maximum atomic E-state index is 5.65. The van der Waals surface area contributed by atoms with E-state index in [1.54, 1.807) is 0 Å². The van der Waals surface area contributed by atoms with Crippen molar-refractivity contribution in [1.29, 1.82) is 0 Å². The van der Waals surface area contributed by atoms with Crippen molar-refractivity contribution in [2.24, 2.45) is 11.7 Å². The Labute approximate surface area is 89.3 Å². The zero-order valence-electron chi connectivity index (χ0n) is 9.16. The second-order valence-corrected chi connectivity index (χ2v) is 4.12. The molecule has 0 radical (unpaired) electrons. The third-order valence-electron chi connectivity index (χ3n) is 2.51. The number of aryl methyl sites for hydroxylation is 1. The van der Waals surface area contributed by atoms with E-state index in [1.807, 2.05) is 25.1 Å². The molecule has 0 aliphatic heterocycles. The maximum absolute atomic E-state index is 5.65. The Morgan fingerprint density at radius 2 is 2.27 bits per heavy atom. The van der Waals surface area contributed by atoms with E-state index in [1.165, 1.54) is 5.56 Å². The van der Waals surface area contributed by atoms with Crippen molar-refractivity contribution in [3.63, 3.8) is 0 Å². The number of aromatic nitrogens is 1. The van der Waals surface area contributed by atoms with Gasteiger partial charge in [-0.05, 0) is 37.1 Å². The summed E-state index contributed by atoms with van der Waals surface area (Å²) in [5.41, 5.74) is 8.56. The van der Waals surface area contributed by atoms with Gasteiger partial charge in [-0.2, -0.15) is 0 Å². The molecule has 0 aliphatic rings. The van der Waals surface area contributed by atoms with Crippen LogP contribution in [0.2, 0.25) is 0 Å². The lowest BCUT2D eigenvalue weighted by molar-refractivity contribution is 0.468. The molecule has 0 aliphatic carbocycles. The van der Waals surface area contributed by atoms with Crippen LogP contribution < -0.4 is 5.73 Å². The summed E-state index contributed by atoms with van der Waals surface area (Å²) in [4.78, 5) is 4.42. The predicted molar refractivity (Wildman–Crippen MR) is 60.7 cm³/mol. The van der Waals surface area contributed by atoms with E-state index in [0.717, 1.165) is 23.4 Å². The summed E-state index contributed by atoms with van der Waals surface area (Å²) < 4.78 is 5.65. The largest absolute Gasteiger partial charge is 0.441 e. The highest BCUT2D eigenvalue weighted by molar-refractivity contribution is 5.73. The second kappa shape index (κ2) is 4.03. The molecule has 0 saturated carbocycles. The van der Waals surface area contributed by atoms with E-state index < -0.39 is 0 Å². The Balaban J connectivity index is 2.30. The molecular formula is C12H16N2O. The molecule has 1 heterocycles. The average molecular weight is 204 g/mol. The molecule has 3 heteroatoms. The monoisotopic (exact) mass is 204 g/mol. The van der Waals surface area contributed by atoms with E-state index in [4.69, 9.17) is 10.2 Å². The Kier molecular flexibility index (Phi) is 2.73. The lowest BCUT2D eigenvalue weighted by atomic mass is 10.1. The molecule has 80 valence electrons. The first-order chi connectivity index (χ1) is 7.19. The standard InChI is InChI=1S/C12H16N2O/c1-8-3-4-10-11(5-8)15-12(14-10)6-9(2)7-13/h3-5,9H,6-7,13H2,1-2H3. The lowest BCUT2D eigenvalue weighted by Gasteiger charge is -2.02. The summed E-state index contributed by atoms with van der Waals surface area (Å²) in [7, 11) is 0. The topological polar surface area (TPSA) is 52.0 Å². The molecule has 15 heavy (non-hydrogen) atoms. The molecule has 0 bridgehead atoms. The molecule has 0 amide bonds. The molecule has 1 aromatic carbocycles. The van der Waals surface area contributed by atoms with Crippen LogP contribution in [0.15, 0.2) is 22.6 Å². The minimum absolute atomic E-state index is 0.416. The summed E-state index contributed by atoms with van der Waals surface area (Å²) >= 11 is 0. The van der Waals surface area contributed by atoms with E-state index in [0.29, 0.717) is 12.5 Å². The van der Waals surface area contributed by atoms with Gasteiger partial charge < -0.3 is 10.2 Å². The van der Waals surface area contributed by atoms with Gasteiger partial charge in [0.05, 0.1) is 0 Å². The highest BCUT2D eigenvalue weighted by atomic mass is 16.3. The quantitative estimate of drug-likeness (QED) is 0.834. The summed E-state index contributed by atoms with van der Waals surface area (Å²) in [6.45, 7) is 4.81. The minimum atomic E-state index is 0.416. The van der Waals surface area contributed by atoms with Crippen molar-refractivity contribution in [1.82, 2.24) is 4.98 Å². The van der Waals surface area contributed by atoms with E-state index in [2.05, 4.69) is 11.9 Å². The fourth-order valence-electron chi connectivity index (χ4n) is 1.55. The first kappa shape index (κ1) is 10.2. The normalized spacial score (nSPS) is 13.3. The van der Waals surface area contributed by atoms with Crippen molar-refractivity contribution < 1.29 is 4.42 Å². The summed E-state index contributed by atoms with van der Waals surface area (Å²) in [5, 5.41) is 0. The van der Waals surface area contributed by atoms with Crippen LogP contribution in [0.1, 0.15) is 18.4 Å². The molecule has 3 nitrogen and oxygen atoms in total. The van der Waals surface area contributed by atoms with Crippen molar-refractivity contribution in [3.8, 4) is 0 Å². The molecule has 1 atom stereocenters. The van der Waals surface area contributed by atoms with Crippen molar-refractivity contribution in [3.05, 3.63) is 29.7 Å². The number of rotatable bonds is 3. The molecule has 0 fully saturated rings. The van der Waals surface area contributed by atoms with Crippen LogP contribution in [0, 0.1) is 12.8 Å². The molecule has 1 unspecified atom stereocenters.